The van der Waals surface area contributed by atoms with Crippen molar-refractivity contribution in [1.29, 1.82) is 0 Å². The Kier molecular flexibility index (Phi) is 6.93. The number of carbonyl (C=O) groups excluding carboxylic acids is 2. The Labute approximate surface area is 194 Å². The lowest BCUT2D eigenvalue weighted by molar-refractivity contribution is -0.135. The molecule has 0 spiro atoms. The number of hydrazone groups is 1. The summed E-state index contributed by atoms with van der Waals surface area (Å²) in [6.07, 6.45) is 0.594. The van der Waals surface area contributed by atoms with Crippen molar-refractivity contribution < 1.29 is 19.1 Å². The van der Waals surface area contributed by atoms with Gasteiger partial charge in [0.2, 0.25) is 5.91 Å². The van der Waals surface area contributed by atoms with E-state index in [1.165, 1.54) is 0 Å². The maximum Gasteiger partial charge on any atom is 0.257 e. The molecule has 0 aliphatic carbocycles. The Morgan fingerprint density at radius 3 is 2.36 bits per heavy atom. The molecule has 0 saturated carbocycles. The van der Waals surface area contributed by atoms with Crippen LogP contribution in [0.15, 0.2) is 53.6 Å². The van der Waals surface area contributed by atoms with Crippen molar-refractivity contribution in [2.24, 2.45) is 5.10 Å². The first-order valence-electron chi connectivity index (χ1n) is 11.1. The van der Waals surface area contributed by atoms with Crippen LogP contribution in [-0.4, -0.2) is 79.3 Å². The van der Waals surface area contributed by atoms with Crippen molar-refractivity contribution in [3.05, 3.63) is 59.7 Å². The van der Waals surface area contributed by atoms with Gasteiger partial charge in [-0.2, -0.15) is 5.10 Å². The maximum absolute atomic E-state index is 13.4. The highest BCUT2D eigenvalue weighted by Gasteiger charge is 2.36. The van der Waals surface area contributed by atoms with Crippen LogP contribution in [0.3, 0.4) is 0 Å². The SMILES string of the molecule is COc1ccc(C2CC(c3ccccc3)=NN2C(=O)CN2CCN(C(C)=O)CC2)c(OC)c1. The molecular formula is C25H30N4O4. The van der Waals surface area contributed by atoms with E-state index in [1.54, 1.807) is 26.2 Å². The van der Waals surface area contributed by atoms with Crippen LogP contribution in [0.1, 0.15) is 30.5 Å². The second-order valence-corrected chi connectivity index (χ2v) is 8.26. The first-order valence-corrected chi connectivity index (χ1v) is 11.1. The van der Waals surface area contributed by atoms with Crippen molar-refractivity contribution in [1.82, 2.24) is 14.8 Å². The number of rotatable bonds is 6. The lowest BCUT2D eigenvalue weighted by atomic mass is 9.97. The van der Waals surface area contributed by atoms with Gasteiger partial charge in [-0.3, -0.25) is 14.5 Å². The molecule has 1 saturated heterocycles. The third kappa shape index (κ3) is 5.01. The fraction of sp³-hybridized carbons (Fsp3) is 0.400. The number of piperazine rings is 1. The zero-order valence-electron chi connectivity index (χ0n) is 19.4. The molecule has 2 heterocycles. The van der Waals surface area contributed by atoms with Crippen LogP contribution in [0.4, 0.5) is 0 Å². The van der Waals surface area contributed by atoms with Crippen LogP contribution in [-0.2, 0) is 9.59 Å². The van der Waals surface area contributed by atoms with E-state index >= 15 is 0 Å². The van der Waals surface area contributed by atoms with Gasteiger partial charge >= 0.3 is 0 Å². The number of hydrogen-bond donors (Lipinski definition) is 0. The highest BCUT2D eigenvalue weighted by atomic mass is 16.5. The van der Waals surface area contributed by atoms with Crippen LogP contribution in [0.25, 0.3) is 0 Å². The highest BCUT2D eigenvalue weighted by Crippen LogP contribution is 2.39. The molecule has 2 amide bonds. The van der Waals surface area contributed by atoms with Gasteiger partial charge in [0.05, 0.1) is 32.5 Å². The van der Waals surface area contributed by atoms with Gasteiger partial charge in [0, 0.05) is 51.2 Å². The highest BCUT2D eigenvalue weighted by molar-refractivity contribution is 6.03. The number of benzene rings is 2. The number of ether oxygens (including phenoxy) is 2. The third-order valence-electron chi connectivity index (χ3n) is 6.25. The number of carbonyl (C=O) groups is 2. The van der Waals surface area contributed by atoms with Crippen LogP contribution in [0.2, 0.25) is 0 Å². The van der Waals surface area contributed by atoms with Gasteiger partial charge < -0.3 is 14.4 Å². The second-order valence-electron chi connectivity index (χ2n) is 8.26. The molecule has 1 atom stereocenters. The summed E-state index contributed by atoms with van der Waals surface area (Å²) in [5.74, 6) is 1.36. The number of nitrogens with zero attached hydrogens (tertiary/aromatic N) is 4. The van der Waals surface area contributed by atoms with E-state index in [9.17, 15) is 9.59 Å². The summed E-state index contributed by atoms with van der Waals surface area (Å²) in [5, 5.41) is 6.37. The Bertz CT molecular complexity index is 1030. The summed E-state index contributed by atoms with van der Waals surface area (Å²) >= 11 is 0. The molecule has 2 aliphatic heterocycles. The van der Waals surface area contributed by atoms with Gasteiger partial charge in [-0.25, -0.2) is 5.01 Å². The normalized spacial score (nSPS) is 18.8. The Balaban J connectivity index is 1.58. The minimum Gasteiger partial charge on any atom is -0.497 e. The number of amides is 2. The van der Waals surface area contributed by atoms with E-state index in [1.807, 2.05) is 53.4 Å². The van der Waals surface area contributed by atoms with Gasteiger partial charge in [0.25, 0.3) is 5.91 Å². The molecule has 8 nitrogen and oxygen atoms in total. The summed E-state index contributed by atoms with van der Waals surface area (Å²) in [6, 6.07) is 15.3. The fourth-order valence-corrected chi connectivity index (χ4v) is 4.37. The zero-order chi connectivity index (χ0) is 23.4. The average Bonchev–Trinajstić information content (AvgIpc) is 3.30. The van der Waals surface area contributed by atoms with Crippen LogP contribution in [0, 0.1) is 0 Å². The Morgan fingerprint density at radius 1 is 1.00 bits per heavy atom. The molecule has 33 heavy (non-hydrogen) atoms. The smallest absolute Gasteiger partial charge is 0.257 e. The van der Waals surface area contributed by atoms with Crippen molar-refractivity contribution >= 4 is 17.5 Å². The van der Waals surface area contributed by atoms with Crippen molar-refractivity contribution in [3.63, 3.8) is 0 Å². The number of hydrogen-bond acceptors (Lipinski definition) is 6. The topological polar surface area (TPSA) is 74.7 Å². The largest absolute Gasteiger partial charge is 0.497 e. The van der Waals surface area contributed by atoms with Gasteiger partial charge in [0.1, 0.15) is 11.5 Å². The lowest BCUT2D eigenvalue weighted by Gasteiger charge is -2.34. The first-order chi connectivity index (χ1) is 16.0. The maximum atomic E-state index is 13.4. The molecule has 1 unspecified atom stereocenters. The molecule has 0 radical (unpaired) electrons. The van der Waals surface area contributed by atoms with Crippen LogP contribution < -0.4 is 9.47 Å². The number of methoxy groups -OCH3 is 2. The molecule has 1 fully saturated rings. The van der Waals surface area contributed by atoms with Crippen molar-refractivity contribution in [3.8, 4) is 11.5 Å². The molecule has 0 bridgehead atoms. The van der Waals surface area contributed by atoms with Gasteiger partial charge in [-0.05, 0) is 17.7 Å². The predicted octanol–water partition coefficient (Wildman–Crippen LogP) is 2.55. The third-order valence-corrected chi connectivity index (χ3v) is 6.25. The van der Waals surface area contributed by atoms with E-state index in [0.717, 1.165) is 16.8 Å². The van der Waals surface area contributed by atoms with E-state index in [0.29, 0.717) is 44.1 Å². The van der Waals surface area contributed by atoms with Crippen molar-refractivity contribution in [2.75, 3.05) is 46.9 Å². The lowest BCUT2D eigenvalue weighted by Crippen LogP contribution is -2.50. The molecule has 2 aromatic rings. The zero-order valence-corrected chi connectivity index (χ0v) is 19.4. The molecule has 2 aliphatic rings. The fourth-order valence-electron chi connectivity index (χ4n) is 4.37. The van der Waals surface area contributed by atoms with E-state index < -0.39 is 0 Å². The summed E-state index contributed by atoms with van der Waals surface area (Å²) in [4.78, 5) is 28.9. The average molecular weight is 451 g/mol. The monoisotopic (exact) mass is 450 g/mol. The minimum absolute atomic E-state index is 0.0694. The molecule has 8 heteroatoms. The molecule has 0 N–H and O–H groups in total. The van der Waals surface area contributed by atoms with E-state index in [-0.39, 0.29) is 24.4 Å². The summed E-state index contributed by atoms with van der Waals surface area (Å²) in [6.45, 7) is 4.45. The molecular weight excluding hydrogens is 420 g/mol. The standard InChI is InChI=1S/C25H30N4O4/c1-18(30)28-13-11-27(12-14-28)17-25(31)29-23(16-22(26-29)19-7-5-4-6-8-19)21-10-9-20(32-2)15-24(21)33-3/h4-10,15,23H,11-14,16-17H2,1-3H3. The molecule has 174 valence electrons. The van der Waals surface area contributed by atoms with E-state index in [4.69, 9.17) is 14.6 Å². The molecule has 4 rings (SSSR count). The summed E-state index contributed by atoms with van der Waals surface area (Å²) in [5.41, 5.74) is 2.76. The second kappa shape index (κ2) is 10.0. The molecule has 2 aromatic carbocycles. The quantitative estimate of drug-likeness (QED) is 0.676. The van der Waals surface area contributed by atoms with Gasteiger partial charge in [-0.1, -0.05) is 30.3 Å². The van der Waals surface area contributed by atoms with Crippen LogP contribution >= 0.6 is 0 Å². The summed E-state index contributed by atoms with van der Waals surface area (Å²) < 4.78 is 11.0. The predicted molar refractivity (Wildman–Crippen MR) is 125 cm³/mol. The van der Waals surface area contributed by atoms with E-state index in [2.05, 4.69) is 4.90 Å². The van der Waals surface area contributed by atoms with Crippen LogP contribution in [0.5, 0.6) is 11.5 Å². The Morgan fingerprint density at radius 2 is 1.73 bits per heavy atom. The van der Waals surface area contributed by atoms with Gasteiger partial charge in [0.15, 0.2) is 0 Å². The summed E-state index contributed by atoms with van der Waals surface area (Å²) in [7, 11) is 3.23. The Hall–Kier alpha value is -3.39. The first kappa shape index (κ1) is 22.8. The minimum atomic E-state index is -0.271. The van der Waals surface area contributed by atoms with Gasteiger partial charge in [-0.15, -0.1) is 0 Å². The van der Waals surface area contributed by atoms with Crippen molar-refractivity contribution in [2.45, 2.75) is 19.4 Å². The molecule has 0 aromatic heterocycles.